The summed E-state index contributed by atoms with van der Waals surface area (Å²) in [5.74, 6) is -0.249. The molecule has 0 saturated carbocycles. The predicted molar refractivity (Wildman–Crippen MR) is 40.0 cm³/mol. The zero-order chi connectivity index (χ0) is 8.43. The fourth-order valence-corrected chi connectivity index (χ4v) is 1.10. The van der Waals surface area contributed by atoms with Crippen LogP contribution in [0.3, 0.4) is 0 Å². The van der Waals surface area contributed by atoms with E-state index >= 15 is 0 Å². The number of aliphatic hydroxyl groups is 1. The summed E-state index contributed by atoms with van der Waals surface area (Å²) in [4.78, 5) is 10.9. The van der Waals surface area contributed by atoms with Crippen molar-refractivity contribution in [3.8, 4) is 0 Å². The van der Waals surface area contributed by atoms with E-state index < -0.39 is 0 Å². The summed E-state index contributed by atoms with van der Waals surface area (Å²) in [6.07, 6.45) is 0.321. The van der Waals surface area contributed by atoms with Crippen LogP contribution in [0.1, 0.15) is 20.3 Å². The Bertz CT molecular complexity index is 205. The molecule has 1 aliphatic rings. The molecule has 3 heteroatoms. The fraction of sp³-hybridized carbons (Fsp3) is 0.625. The van der Waals surface area contributed by atoms with Crippen molar-refractivity contribution >= 4 is 5.97 Å². The molecule has 0 aromatic carbocycles. The highest BCUT2D eigenvalue weighted by molar-refractivity contribution is 5.91. The second kappa shape index (κ2) is 3.05. The molecule has 0 bridgehead atoms. The predicted octanol–water partition coefficient (Wildman–Crippen LogP) is 0.631. The van der Waals surface area contributed by atoms with E-state index in [4.69, 9.17) is 9.84 Å². The summed E-state index contributed by atoms with van der Waals surface area (Å²) in [6, 6.07) is 0. The molecule has 11 heavy (non-hydrogen) atoms. The number of cyclic esters (lactones) is 1. The number of hydrogen-bond acceptors (Lipinski definition) is 3. The average molecular weight is 156 g/mol. The van der Waals surface area contributed by atoms with Crippen molar-refractivity contribution in [2.45, 2.75) is 26.4 Å². The number of esters is 1. The summed E-state index contributed by atoms with van der Waals surface area (Å²) >= 11 is 0. The molecule has 1 N–H and O–H groups in total. The zero-order valence-corrected chi connectivity index (χ0v) is 6.76. The van der Waals surface area contributed by atoms with Gasteiger partial charge in [0.1, 0.15) is 6.10 Å². The van der Waals surface area contributed by atoms with E-state index in [1.54, 1.807) is 6.92 Å². The average Bonchev–Trinajstić information content (AvgIpc) is 2.19. The first kappa shape index (κ1) is 8.27. The molecule has 0 unspecified atom stereocenters. The second-order valence-electron chi connectivity index (χ2n) is 2.71. The fourth-order valence-electron chi connectivity index (χ4n) is 1.10. The van der Waals surface area contributed by atoms with Crippen molar-refractivity contribution in [2.24, 2.45) is 0 Å². The number of hydrogen-bond donors (Lipinski definition) is 1. The van der Waals surface area contributed by atoms with Gasteiger partial charge in [0.15, 0.2) is 0 Å². The number of carbonyl (C=O) groups is 1. The molecule has 0 radical (unpaired) electrons. The van der Waals surface area contributed by atoms with Crippen molar-refractivity contribution in [2.75, 3.05) is 6.61 Å². The molecule has 0 amide bonds. The van der Waals surface area contributed by atoms with Crippen molar-refractivity contribution in [1.82, 2.24) is 0 Å². The lowest BCUT2D eigenvalue weighted by Gasteiger charge is -2.08. The van der Waals surface area contributed by atoms with E-state index in [2.05, 4.69) is 0 Å². The standard InChI is InChI=1S/C8H12O3/c1-5-6(2)8(10)11-7(5)3-4-9/h7,9H,3-4H2,1-2H3/t7-/m0/s1. The van der Waals surface area contributed by atoms with E-state index in [1.807, 2.05) is 6.92 Å². The first-order chi connectivity index (χ1) is 5.16. The molecule has 1 aliphatic heterocycles. The van der Waals surface area contributed by atoms with Gasteiger partial charge in [0, 0.05) is 18.6 Å². The lowest BCUT2D eigenvalue weighted by Crippen LogP contribution is -2.12. The van der Waals surface area contributed by atoms with Crippen molar-refractivity contribution < 1.29 is 14.6 Å². The number of ether oxygens (including phenoxy) is 1. The van der Waals surface area contributed by atoms with Gasteiger partial charge in [-0.2, -0.15) is 0 Å². The lowest BCUT2D eigenvalue weighted by atomic mass is 10.1. The molecule has 0 fully saturated rings. The summed E-state index contributed by atoms with van der Waals surface area (Å²) in [5.41, 5.74) is 1.63. The quantitative estimate of drug-likeness (QED) is 0.596. The third-order valence-electron chi connectivity index (χ3n) is 2.02. The molecule has 0 aromatic heterocycles. The SMILES string of the molecule is CC1=C(C)[C@H](CCO)OC1=O. The van der Waals surface area contributed by atoms with Crippen LogP contribution in [0.25, 0.3) is 0 Å². The highest BCUT2D eigenvalue weighted by Gasteiger charge is 2.27. The van der Waals surface area contributed by atoms with Gasteiger partial charge in [-0.05, 0) is 19.4 Å². The molecule has 1 rings (SSSR count). The van der Waals surface area contributed by atoms with Crippen molar-refractivity contribution in [3.63, 3.8) is 0 Å². The topological polar surface area (TPSA) is 46.5 Å². The summed E-state index contributed by atoms with van der Waals surface area (Å²) in [7, 11) is 0. The Labute approximate surface area is 65.7 Å². The molecule has 0 aromatic rings. The Kier molecular flexibility index (Phi) is 2.29. The van der Waals surface area contributed by atoms with Crippen LogP contribution in [0, 0.1) is 0 Å². The van der Waals surface area contributed by atoms with E-state index in [0.717, 1.165) is 5.57 Å². The molecule has 62 valence electrons. The minimum absolute atomic E-state index is 0.0581. The van der Waals surface area contributed by atoms with Gasteiger partial charge in [0.05, 0.1) is 0 Å². The van der Waals surface area contributed by atoms with Gasteiger partial charge in [-0.3, -0.25) is 0 Å². The smallest absolute Gasteiger partial charge is 0.334 e. The monoisotopic (exact) mass is 156 g/mol. The maximum absolute atomic E-state index is 10.9. The van der Waals surface area contributed by atoms with Crippen molar-refractivity contribution in [3.05, 3.63) is 11.1 Å². The van der Waals surface area contributed by atoms with E-state index in [0.29, 0.717) is 12.0 Å². The van der Waals surface area contributed by atoms with Crippen LogP contribution in [0.2, 0.25) is 0 Å². The Balaban J connectivity index is 2.69. The zero-order valence-electron chi connectivity index (χ0n) is 6.76. The van der Waals surface area contributed by atoms with Crippen LogP contribution < -0.4 is 0 Å². The normalized spacial score (nSPS) is 24.3. The molecule has 3 nitrogen and oxygen atoms in total. The van der Waals surface area contributed by atoms with Gasteiger partial charge in [0.25, 0.3) is 0 Å². The third kappa shape index (κ3) is 1.43. The van der Waals surface area contributed by atoms with Gasteiger partial charge >= 0.3 is 5.97 Å². The number of carbonyl (C=O) groups excluding carboxylic acids is 1. The molecular weight excluding hydrogens is 144 g/mol. The molecule has 1 heterocycles. The second-order valence-corrected chi connectivity index (χ2v) is 2.71. The van der Waals surface area contributed by atoms with Crippen LogP contribution in [0.4, 0.5) is 0 Å². The van der Waals surface area contributed by atoms with E-state index in [-0.39, 0.29) is 18.7 Å². The minimum atomic E-state index is -0.249. The maximum Gasteiger partial charge on any atom is 0.334 e. The number of rotatable bonds is 2. The summed E-state index contributed by atoms with van der Waals surface area (Å²) in [6.45, 7) is 3.66. The Morgan fingerprint density at radius 1 is 1.55 bits per heavy atom. The van der Waals surface area contributed by atoms with Crippen LogP contribution in [-0.4, -0.2) is 23.8 Å². The molecule has 0 spiro atoms. The van der Waals surface area contributed by atoms with Crippen LogP contribution in [0.5, 0.6) is 0 Å². The molecule has 0 aliphatic carbocycles. The highest BCUT2D eigenvalue weighted by Crippen LogP contribution is 2.23. The summed E-state index contributed by atoms with van der Waals surface area (Å²) < 4.78 is 4.95. The van der Waals surface area contributed by atoms with Crippen LogP contribution in [0.15, 0.2) is 11.1 Å². The molecule has 0 saturated heterocycles. The lowest BCUT2D eigenvalue weighted by molar-refractivity contribution is -0.140. The van der Waals surface area contributed by atoms with Gasteiger partial charge in [0.2, 0.25) is 0 Å². The van der Waals surface area contributed by atoms with E-state index in [9.17, 15) is 4.79 Å². The first-order valence-corrected chi connectivity index (χ1v) is 3.66. The summed E-state index contributed by atoms with van der Waals surface area (Å²) in [5, 5.41) is 8.60. The van der Waals surface area contributed by atoms with Crippen LogP contribution in [-0.2, 0) is 9.53 Å². The first-order valence-electron chi connectivity index (χ1n) is 3.66. The van der Waals surface area contributed by atoms with Gasteiger partial charge in [-0.1, -0.05) is 0 Å². The van der Waals surface area contributed by atoms with Crippen molar-refractivity contribution in [1.29, 1.82) is 0 Å². The highest BCUT2D eigenvalue weighted by atomic mass is 16.5. The molecule has 1 atom stereocenters. The molecular formula is C8H12O3. The van der Waals surface area contributed by atoms with E-state index in [1.165, 1.54) is 0 Å². The minimum Gasteiger partial charge on any atom is -0.454 e. The third-order valence-corrected chi connectivity index (χ3v) is 2.02. The van der Waals surface area contributed by atoms with Gasteiger partial charge < -0.3 is 9.84 Å². The van der Waals surface area contributed by atoms with Gasteiger partial charge in [-0.15, -0.1) is 0 Å². The number of aliphatic hydroxyl groups excluding tert-OH is 1. The van der Waals surface area contributed by atoms with Crippen LogP contribution >= 0.6 is 0 Å². The maximum atomic E-state index is 10.9. The Morgan fingerprint density at radius 3 is 2.55 bits per heavy atom. The Hall–Kier alpha value is -0.830. The van der Waals surface area contributed by atoms with Gasteiger partial charge in [-0.25, -0.2) is 4.79 Å². The Morgan fingerprint density at radius 2 is 2.18 bits per heavy atom. The largest absolute Gasteiger partial charge is 0.454 e.